The molecule has 1 saturated heterocycles. The van der Waals surface area contributed by atoms with Crippen molar-refractivity contribution in [2.75, 3.05) is 31.6 Å². The zero-order valence-corrected chi connectivity index (χ0v) is 17.1. The molecule has 0 unspecified atom stereocenters. The summed E-state index contributed by atoms with van der Waals surface area (Å²) in [5, 5.41) is 2.96. The SMILES string of the molecule is Cc1cccc(Oc2ccc(NC(=O)c3cccc(CN4CCOCC4)c3)cc2)c1. The first-order valence-electron chi connectivity index (χ1n) is 10.2. The Hall–Kier alpha value is -3.15. The van der Waals surface area contributed by atoms with Gasteiger partial charge in [0, 0.05) is 30.9 Å². The fraction of sp³-hybridized carbons (Fsp3) is 0.240. The molecular weight excluding hydrogens is 376 g/mol. The molecule has 0 radical (unpaired) electrons. The van der Waals surface area contributed by atoms with E-state index < -0.39 is 0 Å². The molecule has 1 aliphatic rings. The summed E-state index contributed by atoms with van der Waals surface area (Å²) < 4.78 is 11.3. The molecule has 0 aliphatic carbocycles. The normalized spacial score (nSPS) is 14.3. The number of morpholine rings is 1. The van der Waals surface area contributed by atoms with Gasteiger partial charge in [-0.25, -0.2) is 0 Å². The van der Waals surface area contributed by atoms with Crippen LogP contribution >= 0.6 is 0 Å². The molecule has 0 saturated carbocycles. The van der Waals surface area contributed by atoms with E-state index in [4.69, 9.17) is 9.47 Å². The van der Waals surface area contributed by atoms with Crippen molar-refractivity contribution in [1.29, 1.82) is 0 Å². The Balaban J connectivity index is 1.37. The van der Waals surface area contributed by atoms with Gasteiger partial charge < -0.3 is 14.8 Å². The zero-order chi connectivity index (χ0) is 20.8. The van der Waals surface area contributed by atoms with E-state index in [1.807, 2.05) is 73.7 Å². The third kappa shape index (κ3) is 5.47. The van der Waals surface area contributed by atoms with Gasteiger partial charge in [0.2, 0.25) is 0 Å². The standard InChI is InChI=1S/C25H26N2O3/c1-19-4-2-7-24(16-19)30-23-10-8-22(9-11-23)26-25(28)21-6-3-5-20(17-21)18-27-12-14-29-15-13-27/h2-11,16-17H,12-15,18H2,1H3,(H,26,28). The minimum absolute atomic E-state index is 0.119. The summed E-state index contributed by atoms with van der Waals surface area (Å²) in [6.07, 6.45) is 0. The summed E-state index contributed by atoms with van der Waals surface area (Å²) in [5.74, 6) is 1.40. The van der Waals surface area contributed by atoms with Crippen LogP contribution in [0.1, 0.15) is 21.5 Å². The van der Waals surface area contributed by atoms with E-state index in [-0.39, 0.29) is 5.91 Å². The summed E-state index contributed by atoms with van der Waals surface area (Å²) in [6, 6.07) is 23.1. The number of hydrogen-bond acceptors (Lipinski definition) is 4. The molecule has 30 heavy (non-hydrogen) atoms. The molecule has 5 heteroatoms. The summed E-state index contributed by atoms with van der Waals surface area (Å²) in [7, 11) is 0. The highest BCUT2D eigenvalue weighted by Gasteiger charge is 2.12. The third-order valence-corrected chi connectivity index (χ3v) is 5.04. The van der Waals surface area contributed by atoms with Gasteiger partial charge in [-0.05, 0) is 66.6 Å². The van der Waals surface area contributed by atoms with Crippen LogP contribution in [0.15, 0.2) is 72.8 Å². The van der Waals surface area contributed by atoms with E-state index in [0.29, 0.717) is 5.56 Å². The minimum Gasteiger partial charge on any atom is -0.457 e. The van der Waals surface area contributed by atoms with Crippen molar-refractivity contribution in [3.63, 3.8) is 0 Å². The van der Waals surface area contributed by atoms with Crippen molar-refractivity contribution in [2.24, 2.45) is 0 Å². The van der Waals surface area contributed by atoms with Crippen molar-refractivity contribution < 1.29 is 14.3 Å². The largest absolute Gasteiger partial charge is 0.457 e. The van der Waals surface area contributed by atoms with Crippen molar-refractivity contribution in [3.8, 4) is 11.5 Å². The average Bonchev–Trinajstić information content (AvgIpc) is 2.76. The van der Waals surface area contributed by atoms with Gasteiger partial charge in [0.05, 0.1) is 13.2 Å². The summed E-state index contributed by atoms with van der Waals surface area (Å²) in [6.45, 7) is 6.24. The predicted molar refractivity (Wildman–Crippen MR) is 118 cm³/mol. The highest BCUT2D eigenvalue weighted by atomic mass is 16.5. The lowest BCUT2D eigenvalue weighted by Gasteiger charge is -2.26. The van der Waals surface area contributed by atoms with E-state index in [9.17, 15) is 4.79 Å². The third-order valence-electron chi connectivity index (χ3n) is 5.04. The van der Waals surface area contributed by atoms with Crippen LogP contribution < -0.4 is 10.1 Å². The second-order valence-electron chi connectivity index (χ2n) is 7.49. The molecule has 1 N–H and O–H groups in total. The van der Waals surface area contributed by atoms with Crippen molar-refractivity contribution >= 4 is 11.6 Å². The first-order valence-corrected chi connectivity index (χ1v) is 10.2. The summed E-state index contributed by atoms with van der Waals surface area (Å²) in [5.41, 5.74) is 3.66. The highest BCUT2D eigenvalue weighted by Crippen LogP contribution is 2.24. The maximum Gasteiger partial charge on any atom is 0.255 e. The Labute approximate surface area is 177 Å². The van der Waals surface area contributed by atoms with Gasteiger partial charge in [0.1, 0.15) is 11.5 Å². The van der Waals surface area contributed by atoms with Crippen LogP contribution in [0.4, 0.5) is 5.69 Å². The number of ether oxygens (including phenoxy) is 2. The molecule has 4 rings (SSSR count). The topological polar surface area (TPSA) is 50.8 Å². The number of anilines is 1. The van der Waals surface area contributed by atoms with Gasteiger partial charge >= 0.3 is 0 Å². The monoisotopic (exact) mass is 402 g/mol. The fourth-order valence-corrected chi connectivity index (χ4v) is 3.45. The van der Waals surface area contributed by atoms with Crippen LogP contribution in [-0.4, -0.2) is 37.1 Å². The lowest BCUT2D eigenvalue weighted by Crippen LogP contribution is -2.35. The Bertz CT molecular complexity index is 995. The van der Waals surface area contributed by atoms with Crippen LogP contribution in [0.5, 0.6) is 11.5 Å². The Morgan fingerprint density at radius 2 is 1.73 bits per heavy atom. The highest BCUT2D eigenvalue weighted by molar-refractivity contribution is 6.04. The quantitative estimate of drug-likeness (QED) is 0.639. The van der Waals surface area contributed by atoms with Crippen LogP contribution in [0.2, 0.25) is 0 Å². The second-order valence-corrected chi connectivity index (χ2v) is 7.49. The lowest BCUT2D eigenvalue weighted by atomic mass is 10.1. The molecule has 5 nitrogen and oxygen atoms in total. The number of rotatable bonds is 6. The van der Waals surface area contributed by atoms with Gasteiger partial charge in [-0.3, -0.25) is 9.69 Å². The van der Waals surface area contributed by atoms with Crippen molar-refractivity contribution in [2.45, 2.75) is 13.5 Å². The number of hydrogen-bond donors (Lipinski definition) is 1. The van der Waals surface area contributed by atoms with Crippen LogP contribution in [0.25, 0.3) is 0 Å². The van der Waals surface area contributed by atoms with E-state index in [1.165, 1.54) is 0 Å². The number of carbonyl (C=O) groups is 1. The van der Waals surface area contributed by atoms with Crippen LogP contribution in [0, 0.1) is 6.92 Å². The minimum atomic E-state index is -0.119. The Morgan fingerprint density at radius 1 is 0.967 bits per heavy atom. The molecule has 0 atom stereocenters. The molecule has 0 spiro atoms. The molecule has 1 heterocycles. The van der Waals surface area contributed by atoms with Gasteiger partial charge in [0.25, 0.3) is 5.91 Å². The molecule has 3 aromatic rings. The van der Waals surface area contributed by atoms with Gasteiger partial charge in [0.15, 0.2) is 0 Å². The molecule has 0 aromatic heterocycles. The number of aryl methyl sites for hydroxylation is 1. The lowest BCUT2D eigenvalue weighted by molar-refractivity contribution is 0.0342. The van der Waals surface area contributed by atoms with Gasteiger partial charge in [-0.15, -0.1) is 0 Å². The summed E-state index contributed by atoms with van der Waals surface area (Å²) in [4.78, 5) is 15.0. The number of nitrogens with one attached hydrogen (secondary N) is 1. The predicted octanol–water partition coefficient (Wildman–Crippen LogP) is 4.87. The molecule has 1 amide bonds. The molecule has 3 aromatic carbocycles. The average molecular weight is 402 g/mol. The number of amides is 1. The second kappa shape index (κ2) is 9.57. The van der Waals surface area contributed by atoms with Gasteiger partial charge in [-0.2, -0.15) is 0 Å². The first-order chi connectivity index (χ1) is 14.7. The van der Waals surface area contributed by atoms with E-state index in [1.54, 1.807) is 0 Å². The maximum atomic E-state index is 12.7. The van der Waals surface area contributed by atoms with Gasteiger partial charge in [-0.1, -0.05) is 24.3 Å². The number of carbonyl (C=O) groups excluding carboxylic acids is 1. The molecule has 1 fully saturated rings. The molecule has 154 valence electrons. The molecule has 0 bridgehead atoms. The Kier molecular flexibility index (Phi) is 6.42. The van der Waals surface area contributed by atoms with E-state index >= 15 is 0 Å². The van der Waals surface area contributed by atoms with Crippen LogP contribution in [-0.2, 0) is 11.3 Å². The van der Waals surface area contributed by atoms with Crippen LogP contribution in [0.3, 0.4) is 0 Å². The summed E-state index contributed by atoms with van der Waals surface area (Å²) >= 11 is 0. The molecular formula is C25H26N2O3. The fourth-order valence-electron chi connectivity index (χ4n) is 3.45. The van der Waals surface area contributed by atoms with E-state index in [2.05, 4.69) is 16.3 Å². The first kappa shape index (κ1) is 20.1. The van der Waals surface area contributed by atoms with E-state index in [0.717, 1.165) is 61.2 Å². The number of nitrogens with zero attached hydrogens (tertiary/aromatic N) is 1. The molecule has 1 aliphatic heterocycles. The van der Waals surface area contributed by atoms with Crippen molar-refractivity contribution in [3.05, 3.63) is 89.5 Å². The Morgan fingerprint density at radius 3 is 2.50 bits per heavy atom. The zero-order valence-electron chi connectivity index (χ0n) is 17.1. The maximum absolute atomic E-state index is 12.7. The van der Waals surface area contributed by atoms with Crippen molar-refractivity contribution in [1.82, 2.24) is 4.90 Å². The number of benzene rings is 3. The smallest absolute Gasteiger partial charge is 0.255 e.